The molecule has 1 aromatic carbocycles. The van der Waals surface area contributed by atoms with E-state index < -0.39 is 5.60 Å². The number of amides is 2. The molecule has 1 heterocycles. The van der Waals surface area contributed by atoms with Crippen LogP contribution < -0.4 is 4.74 Å². The highest BCUT2D eigenvalue weighted by molar-refractivity contribution is 6.34. The molecule has 0 aliphatic carbocycles. The van der Waals surface area contributed by atoms with Crippen LogP contribution in [-0.4, -0.2) is 61.2 Å². The monoisotopic (exact) mass is 466 g/mol. The van der Waals surface area contributed by atoms with Crippen LogP contribution in [0.3, 0.4) is 0 Å². The van der Waals surface area contributed by atoms with E-state index in [1.165, 1.54) is 4.90 Å². The van der Waals surface area contributed by atoms with Crippen LogP contribution in [0.2, 0.25) is 5.02 Å². The van der Waals surface area contributed by atoms with Crippen molar-refractivity contribution in [3.8, 4) is 5.75 Å². The SMILES string of the molecule is CN(C)C(=O)c1ccc(OCC(C)(C)CCC2CCN(C(=O)OC(C)(C)C)CC2)cc1Cl. The fourth-order valence-electron chi connectivity index (χ4n) is 3.68. The predicted octanol–water partition coefficient (Wildman–Crippen LogP) is 5.87. The van der Waals surface area contributed by atoms with Gasteiger partial charge in [-0.2, -0.15) is 0 Å². The van der Waals surface area contributed by atoms with Crippen molar-refractivity contribution in [2.75, 3.05) is 33.8 Å². The molecule has 0 bridgehead atoms. The summed E-state index contributed by atoms with van der Waals surface area (Å²) < 4.78 is 11.5. The molecule has 0 saturated carbocycles. The molecular weight excluding hydrogens is 428 g/mol. The van der Waals surface area contributed by atoms with Crippen LogP contribution >= 0.6 is 11.6 Å². The lowest BCUT2D eigenvalue weighted by Gasteiger charge is -2.34. The zero-order valence-electron chi connectivity index (χ0n) is 20.7. The van der Waals surface area contributed by atoms with Gasteiger partial charge in [-0.1, -0.05) is 25.4 Å². The summed E-state index contributed by atoms with van der Waals surface area (Å²) in [7, 11) is 3.40. The van der Waals surface area contributed by atoms with Crippen molar-refractivity contribution in [2.24, 2.45) is 11.3 Å². The maximum Gasteiger partial charge on any atom is 0.410 e. The first-order valence-corrected chi connectivity index (χ1v) is 11.8. The molecule has 0 radical (unpaired) electrons. The quantitative estimate of drug-likeness (QED) is 0.503. The molecule has 7 heteroatoms. The van der Waals surface area contributed by atoms with E-state index in [4.69, 9.17) is 21.1 Å². The van der Waals surface area contributed by atoms with Crippen LogP contribution in [0.15, 0.2) is 18.2 Å². The molecule has 0 atom stereocenters. The summed E-state index contributed by atoms with van der Waals surface area (Å²) in [4.78, 5) is 27.7. The molecule has 6 nitrogen and oxygen atoms in total. The fraction of sp³-hybridized carbons (Fsp3) is 0.680. The second kappa shape index (κ2) is 10.8. The van der Waals surface area contributed by atoms with Gasteiger partial charge in [-0.3, -0.25) is 4.79 Å². The summed E-state index contributed by atoms with van der Waals surface area (Å²) in [5, 5.41) is 0.399. The van der Waals surface area contributed by atoms with Gasteiger partial charge in [-0.25, -0.2) is 4.79 Å². The number of hydrogen-bond donors (Lipinski definition) is 0. The van der Waals surface area contributed by atoms with Crippen LogP contribution in [0.1, 0.15) is 70.7 Å². The van der Waals surface area contributed by atoms with Gasteiger partial charge in [0.15, 0.2) is 0 Å². The zero-order valence-corrected chi connectivity index (χ0v) is 21.4. The first kappa shape index (κ1) is 26.3. The minimum Gasteiger partial charge on any atom is -0.493 e. The summed E-state index contributed by atoms with van der Waals surface area (Å²) in [5.41, 5.74) is 0.0260. The van der Waals surface area contributed by atoms with Crippen LogP contribution in [0.25, 0.3) is 0 Å². The molecule has 1 aliphatic rings. The molecular formula is C25H39ClN2O4. The first-order valence-electron chi connectivity index (χ1n) is 11.4. The average molecular weight is 467 g/mol. The van der Waals surface area contributed by atoms with E-state index in [-0.39, 0.29) is 17.4 Å². The Balaban J connectivity index is 1.78. The van der Waals surface area contributed by atoms with Crippen LogP contribution in [0.5, 0.6) is 5.75 Å². The van der Waals surface area contributed by atoms with E-state index in [9.17, 15) is 9.59 Å². The third-order valence-electron chi connectivity index (χ3n) is 5.70. The number of piperidine rings is 1. The predicted molar refractivity (Wildman–Crippen MR) is 129 cm³/mol. The molecule has 2 amide bonds. The van der Waals surface area contributed by atoms with Gasteiger partial charge in [-0.15, -0.1) is 0 Å². The Morgan fingerprint density at radius 2 is 1.75 bits per heavy atom. The summed E-state index contributed by atoms with van der Waals surface area (Å²) in [6.07, 6.45) is 3.95. The van der Waals surface area contributed by atoms with Crippen molar-refractivity contribution in [1.29, 1.82) is 0 Å². The lowest BCUT2D eigenvalue weighted by atomic mass is 9.82. The van der Waals surface area contributed by atoms with E-state index in [1.54, 1.807) is 32.3 Å². The third-order valence-corrected chi connectivity index (χ3v) is 6.02. The number of hydrogen-bond acceptors (Lipinski definition) is 4. The van der Waals surface area contributed by atoms with Gasteiger partial charge >= 0.3 is 6.09 Å². The minimum absolute atomic E-state index is 0.00685. The molecule has 0 unspecified atom stereocenters. The van der Waals surface area contributed by atoms with Crippen LogP contribution in [0, 0.1) is 11.3 Å². The highest BCUT2D eigenvalue weighted by atomic mass is 35.5. The van der Waals surface area contributed by atoms with Crippen molar-refractivity contribution < 1.29 is 19.1 Å². The molecule has 180 valence electrons. The van der Waals surface area contributed by atoms with Gasteiger partial charge in [0.25, 0.3) is 5.91 Å². The summed E-state index contributed by atoms with van der Waals surface area (Å²) in [6, 6.07) is 5.22. The van der Waals surface area contributed by atoms with Gasteiger partial charge in [0.1, 0.15) is 11.4 Å². The Morgan fingerprint density at radius 1 is 1.12 bits per heavy atom. The number of rotatable bonds is 7. The molecule has 0 N–H and O–H groups in total. The number of nitrogens with zero attached hydrogens (tertiary/aromatic N) is 2. The van der Waals surface area contributed by atoms with E-state index in [2.05, 4.69) is 13.8 Å². The van der Waals surface area contributed by atoms with Gasteiger partial charge in [0.2, 0.25) is 0 Å². The molecule has 1 fully saturated rings. The van der Waals surface area contributed by atoms with Crippen molar-refractivity contribution in [3.63, 3.8) is 0 Å². The van der Waals surface area contributed by atoms with Gasteiger partial charge in [0, 0.05) is 27.2 Å². The number of benzene rings is 1. The van der Waals surface area contributed by atoms with E-state index >= 15 is 0 Å². The van der Waals surface area contributed by atoms with Crippen LogP contribution in [-0.2, 0) is 4.74 Å². The Morgan fingerprint density at radius 3 is 2.28 bits per heavy atom. The Labute approximate surface area is 198 Å². The Kier molecular flexibility index (Phi) is 8.86. The lowest BCUT2D eigenvalue weighted by Crippen LogP contribution is -2.41. The standard InChI is InChI=1S/C25H39ClN2O4/c1-24(2,3)32-23(30)28-14-11-18(12-15-28)10-13-25(4,5)17-31-19-8-9-20(21(26)16-19)22(29)27(6)7/h8-9,16,18H,10-15,17H2,1-7H3. The van der Waals surface area contributed by atoms with Crippen molar-refractivity contribution in [2.45, 2.75) is 65.9 Å². The van der Waals surface area contributed by atoms with Crippen molar-refractivity contribution in [1.82, 2.24) is 9.80 Å². The summed E-state index contributed by atoms with van der Waals surface area (Å²) in [5.74, 6) is 1.15. The highest BCUT2D eigenvalue weighted by Gasteiger charge is 2.28. The summed E-state index contributed by atoms with van der Waals surface area (Å²) >= 11 is 6.29. The van der Waals surface area contributed by atoms with Gasteiger partial charge < -0.3 is 19.3 Å². The maximum atomic E-state index is 12.2. The van der Waals surface area contributed by atoms with E-state index in [1.807, 2.05) is 25.7 Å². The maximum absolute atomic E-state index is 12.2. The smallest absolute Gasteiger partial charge is 0.410 e. The molecule has 0 spiro atoms. The molecule has 2 rings (SSSR count). The van der Waals surface area contributed by atoms with Crippen LogP contribution in [0.4, 0.5) is 4.79 Å². The number of carbonyl (C=O) groups is 2. The normalized spacial score (nSPS) is 15.4. The topological polar surface area (TPSA) is 59.1 Å². The zero-order chi connectivity index (χ0) is 24.1. The molecule has 32 heavy (non-hydrogen) atoms. The number of carbonyl (C=O) groups excluding carboxylic acids is 2. The van der Waals surface area contributed by atoms with Gasteiger partial charge in [-0.05, 0) is 76.0 Å². The molecule has 1 saturated heterocycles. The first-order chi connectivity index (χ1) is 14.8. The molecule has 1 aromatic rings. The lowest BCUT2D eigenvalue weighted by molar-refractivity contribution is 0.0175. The van der Waals surface area contributed by atoms with Crippen molar-refractivity contribution in [3.05, 3.63) is 28.8 Å². The third kappa shape index (κ3) is 8.19. The number of ether oxygens (including phenoxy) is 2. The highest BCUT2D eigenvalue weighted by Crippen LogP contribution is 2.31. The largest absolute Gasteiger partial charge is 0.493 e. The second-order valence-corrected chi connectivity index (χ2v) is 11.2. The number of halogens is 1. The molecule has 1 aliphatic heterocycles. The fourth-order valence-corrected chi connectivity index (χ4v) is 3.93. The molecule has 0 aromatic heterocycles. The van der Waals surface area contributed by atoms with E-state index in [0.717, 1.165) is 38.8 Å². The average Bonchev–Trinajstić information content (AvgIpc) is 2.69. The number of likely N-dealkylation sites (tertiary alicyclic amines) is 1. The Hall–Kier alpha value is -1.95. The second-order valence-electron chi connectivity index (χ2n) is 10.7. The Bertz CT molecular complexity index is 794. The van der Waals surface area contributed by atoms with E-state index in [0.29, 0.717) is 28.9 Å². The van der Waals surface area contributed by atoms with Crippen molar-refractivity contribution >= 4 is 23.6 Å². The summed E-state index contributed by atoms with van der Waals surface area (Å²) in [6.45, 7) is 12.2. The minimum atomic E-state index is -0.454. The van der Waals surface area contributed by atoms with Gasteiger partial charge in [0.05, 0.1) is 17.2 Å².